The van der Waals surface area contributed by atoms with E-state index in [9.17, 15) is 9.90 Å². The third-order valence-corrected chi connectivity index (χ3v) is 7.50. The second kappa shape index (κ2) is 9.57. The minimum atomic E-state index is -0.327. The Morgan fingerprint density at radius 3 is 2.73 bits per heavy atom. The van der Waals surface area contributed by atoms with Crippen molar-refractivity contribution in [1.29, 1.82) is 0 Å². The first-order valence-corrected chi connectivity index (χ1v) is 12.7. The number of hydrogen-bond acceptors (Lipinski definition) is 7. The summed E-state index contributed by atoms with van der Waals surface area (Å²) < 4.78 is 15.3. The van der Waals surface area contributed by atoms with Gasteiger partial charge in [-0.15, -0.1) is 0 Å². The first-order valence-electron chi connectivity index (χ1n) is 12.7. The number of fused-ring (bicyclic) bond motifs is 2. The number of rotatable bonds is 5. The highest BCUT2D eigenvalue weighted by atomic mass is 19.1. The molecule has 3 aromatic heterocycles. The van der Waals surface area contributed by atoms with Crippen molar-refractivity contribution >= 4 is 28.1 Å². The van der Waals surface area contributed by atoms with E-state index in [2.05, 4.69) is 30.5 Å². The summed E-state index contributed by atoms with van der Waals surface area (Å²) in [6, 6.07) is 10.9. The maximum Gasteiger partial charge on any atom is 0.259 e. The standard InChI is InChI=1S/C28H29FN6O2/c1-30-22-4-2-16-12-21(29)20(13-19(16)22)24-14-25(27-23(33-24)6-9-31-28(27)37)34-26-5-3-17(15-32-26)35-10-7-18(36)8-11-35/h3,5-6,9,12-15,18,22,30,36H,2,4,7-8,10-11H2,1H3,(H,31,37)(H,32,33,34). The number of pyridine rings is 3. The number of H-pyrrole nitrogens is 1. The number of piperidine rings is 1. The van der Waals surface area contributed by atoms with E-state index in [1.54, 1.807) is 30.6 Å². The summed E-state index contributed by atoms with van der Waals surface area (Å²) in [6.45, 7) is 1.56. The number of aliphatic hydroxyl groups excluding tert-OH is 1. The van der Waals surface area contributed by atoms with Gasteiger partial charge < -0.3 is 25.6 Å². The zero-order valence-corrected chi connectivity index (χ0v) is 20.6. The van der Waals surface area contributed by atoms with Crippen molar-refractivity contribution in [2.75, 3.05) is 30.4 Å². The number of hydrogen-bond donors (Lipinski definition) is 4. The Hall–Kier alpha value is -3.82. The second-order valence-electron chi connectivity index (χ2n) is 9.78. The molecule has 0 bridgehead atoms. The molecule has 1 aliphatic carbocycles. The molecule has 0 saturated carbocycles. The van der Waals surface area contributed by atoms with Gasteiger partial charge >= 0.3 is 0 Å². The fraction of sp³-hybridized carbons (Fsp3) is 0.321. The fourth-order valence-corrected chi connectivity index (χ4v) is 5.46. The minimum Gasteiger partial charge on any atom is -0.393 e. The number of anilines is 3. The van der Waals surface area contributed by atoms with Crippen LogP contribution in [0.4, 0.5) is 21.6 Å². The number of nitrogens with zero attached hydrogens (tertiary/aromatic N) is 3. The Kier molecular flexibility index (Phi) is 6.10. The molecule has 2 aliphatic rings. The van der Waals surface area contributed by atoms with Gasteiger partial charge in [-0.1, -0.05) is 0 Å². The normalized spacial score (nSPS) is 17.8. The lowest BCUT2D eigenvalue weighted by molar-refractivity contribution is 0.145. The lowest BCUT2D eigenvalue weighted by Crippen LogP contribution is -2.35. The predicted molar refractivity (Wildman–Crippen MR) is 143 cm³/mol. The van der Waals surface area contributed by atoms with Crippen molar-refractivity contribution in [2.24, 2.45) is 0 Å². The molecule has 1 unspecified atom stereocenters. The maximum absolute atomic E-state index is 15.3. The molecule has 1 fully saturated rings. The van der Waals surface area contributed by atoms with Gasteiger partial charge in [0, 0.05) is 30.9 Å². The molecule has 190 valence electrons. The number of halogens is 1. The lowest BCUT2D eigenvalue weighted by Gasteiger charge is -2.31. The number of aliphatic hydroxyl groups is 1. The molecule has 37 heavy (non-hydrogen) atoms. The van der Waals surface area contributed by atoms with Gasteiger partial charge in [0.05, 0.1) is 40.3 Å². The van der Waals surface area contributed by atoms with Crippen LogP contribution in [-0.2, 0) is 6.42 Å². The summed E-state index contributed by atoms with van der Waals surface area (Å²) in [4.78, 5) is 26.9. The van der Waals surface area contributed by atoms with Crippen LogP contribution in [0.2, 0.25) is 0 Å². The highest BCUT2D eigenvalue weighted by Gasteiger charge is 2.24. The van der Waals surface area contributed by atoms with Crippen molar-refractivity contribution in [1.82, 2.24) is 20.3 Å². The molecule has 8 nitrogen and oxygen atoms in total. The van der Waals surface area contributed by atoms with Crippen molar-refractivity contribution in [3.63, 3.8) is 0 Å². The molecule has 0 amide bonds. The summed E-state index contributed by atoms with van der Waals surface area (Å²) in [5.74, 6) is 0.236. The number of aromatic nitrogens is 3. The van der Waals surface area contributed by atoms with Crippen molar-refractivity contribution in [3.8, 4) is 11.3 Å². The average molecular weight is 501 g/mol. The summed E-state index contributed by atoms with van der Waals surface area (Å²) in [6.07, 6.45) is 6.34. The van der Waals surface area contributed by atoms with Gasteiger partial charge in [-0.3, -0.25) is 4.79 Å². The molecule has 9 heteroatoms. The average Bonchev–Trinajstić information content (AvgIpc) is 3.30. The summed E-state index contributed by atoms with van der Waals surface area (Å²) in [5, 5.41) is 16.7. The smallest absolute Gasteiger partial charge is 0.259 e. The summed E-state index contributed by atoms with van der Waals surface area (Å²) >= 11 is 0. The van der Waals surface area contributed by atoms with E-state index in [1.807, 2.05) is 25.2 Å². The van der Waals surface area contributed by atoms with Crippen molar-refractivity contribution in [2.45, 2.75) is 37.8 Å². The van der Waals surface area contributed by atoms with Crippen LogP contribution in [0.1, 0.15) is 36.4 Å². The zero-order valence-electron chi connectivity index (χ0n) is 20.6. The van der Waals surface area contributed by atoms with E-state index >= 15 is 4.39 Å². The second-order valence-corrected chi connectivity index (χ2v) is 9.78. The molecule has 4 heterocycles. The minimum absolute atomic E-state index is 0.182. The molecule has 0 radical (unpaired) electrons. The van der Waals surface area contributed by atoms with Gasteiger partial charge in [-0.2, -0.15) is 0 Å². The van der Waals surface area contributed by atoms with E-state index in [0.29, 0.717) is 33.7 Å². The molecule has 4 aromatic rings. The van der Waals surface area contributed by atoms with Crippen LogP contribution in [0.15, 0.2) is 53.6 Å². The zero-order chi connectivity index (χ0) is 25.5. The summed E-state index contributed by atoms with van der Waals surface area (Å²) in [7, 11) is 1.91. The van der Waals surface area contributed by atoms with Crippen LogP contribution in [0.3, 0.4) is 0 Å². The van der Waals surface area contributed by atoms with E-state index in [1.165, 1.54) is 0 Å². The van der Waals surface area contributed by atoms with Crippen LogP contribution in [-0.4, -0.2) is 46.3 Å². The molecule has 0 spiro atoms. The first-order chi connectivity index (χ1) is 18.0. The van der Waals surface area contributed by atoms with Gasteiger partial charge in [0.1, 0.15) is 11.6 Å². The molecule has 1 saturated heterocycles. The molecule has 1 aromatic carbocycles. The van der Waals surface area contributed by atoms with Gasteiger partial charge in [0.15, 0.2) is 0 Å². The molecular weight excluding hydrogens is 471 g/mol. The van der Waals surface area contributed by atoms with Crippen LogP contribution in [0, 0.1) is 5.82 Å². The Morgan fingerprint density at radius 2 is 1.97 bits per heavy atom. The monoisotopic (exact) mass is 500 g/mol. The van der Waals surface area contributed by atoms with Crippen LogP contribution in [0.5, 0.6) is 0 Å². The Bertz CT molecular complexity index is 1510. The van der Waals surface area contributed by atoms with Gasteiger partial charge in [-0.25, -0.2) is 14.4 Å². The molecule has 1 aliphatic heterocycles. The highest BCUT2D eigenvalue weighted by molar-refractivity contribution is 5.94. The van der Waals surface area contributed by atoms with E-state index < -0.39 is 0 Å². The van der Waals surface area contributed by atoms with Crippen molar-refractivity contribution in [3.05, 3.63) is 76.1 Å². The highest BCUT2D eigenvalue weighted by Crippen LogP contribution is 2.37. The number of aromatic amines is 1. The quantitative estimate of drug-likeness (QED) is 0.328. The third kappa shape index (κ3) is 4.45. The largest absolute Gasteiger partial charge is 0.393 e. The molecule has 1 atom stereocenters. The van der Waals surface area contributed by atoms with E-state index in [-0.39, 0.29) is 23.5 Å². The SMILES string of the molecule is CNC1CCc2cc(F)c(-c3cc(Nc4ccc(N5CCC(O)CC5)cn4)c4c(=O)[nH]ccc4n3)cc21. The van der Waals surface area contributed by atoms with Crippen LogP contribution < -0.4 is 21.1 Å². The topological polar surface area (TPSA) is 106 Å². The van der Waals surface area contributed by atoms with Gasteiger partial charge in [0.25, 0.3) is 5.56 Å². The first kappa shape index (κ1) is 23.6. The Labute approximate surface area is 213 Å². The van der Waals surface area contributed by atoms with E-state index in [4.69, 9.17) is 0 Å². The van der Waals surface area contributed by atoms with Gasteiger partial charge in [-0.05, 0) is 80.3 Å². The Morgan fingerprint density at radius 1 is 1.14 bits per heavy atom. The number of benzene rings is 1. The fourth-order valence-electron chi connectivity index (χ4n) is 5.46. The summed E-state index contributed by atoms with van der Waals surface area (Å²) in [5.41, 5.74) is 4.63. The van der Waals surface area contributed by atoms with Gasteiger partial charge in [0.2, 0.25) is 0 Å². The maximum atomic E-state index is 15.3. The van der Waals surface area contributed by atoms with E-state index in [0.717, 1.165) is 55.6 Å². The number of aryl methyl sites for hydroxylation is 1. The lowest BCUT2D eigenvalue weighted by atomic mass is 10.0. The molecule has 4 N–H and O–H groups in total. The van der Waals surface area contributed by atoms with Crippen LogP contribution in [0.25, 0.3) is 22.2 Å². The predicted octanol–water partition coefficient (Wildman–Crippen LogP) is 4.04. The number of nitrogens with one attached hydrogen (secondary N) is 3. The third-order valence-electron chi connectivity index (χ3n) is 7.50. The van der Waals surface area contributed by atoms with Crippen molar-refractivity contribution < 1.29 is 9.50 Å². The Balaban J connectivity index is 1.38. The molecular formula is C28H29FN6O2. The molecule has 6 rings (SSSR count). The van der Waals surface area contributed by atoms with Crippen LogP contribution >= 0.6 is 0 Å².